The second-order valence-electron chi connectivity index (χ2n) is 5.00. The number of H-pyrrole nitrogens is 1. The van der Waals surface area contributed by atoms with Crippen LogP contribution >= 0.6 is 0 Å². The Balaban J connectivity index is 1.81. The van der Waals surface area contributed by atoms with E-state index in [0.717, 1.165) is 16.6 Å². The van der Waals surface area contributed by atoms with Crippen LogP contribution in [0.15, 0.2) is 54.7 Å². The van der Waals surface area contributed by atoms with Gasteiger partial charge in [0.05, 0.1) is 6.54 Å². The minimum absolute atomic E-state index is 0.0271. The average molecular weight is 282 g/mol. The molecule has 0 spiro atoms. The van der Waals surface area contributed by atoms with Crippen molar-refractivity contribution in [1.29, 1.82) is 0 Å². The van der Waals surface area contributed by atoms with E-state index in [1.54, 1.807) is 18.3 Å². The van der Waals surface area contributed by atoms with E-state index in [4.69, 9.17) is 0 Å². The Bertz CT molecular complexity index is 777. The van der Waals surface area contributed by atoms with Crippen molar-refractivity contribution in [1.82, 2.24) is 4.98 Å². The molecular weight excluding hydrogens is 267 g/mol. The monoisotopic (exact) mass is 282 g/mol. The number of nitrogens with zero attached hydrogens (tertiary/aromatic N) is 1. The zero-order valence-electron chi connectivity index (χ0n) is 11.6. The quantitative estimate of drug-likeness (QED) is 0.742. The molecule has 0 radical (unpaired) electrons. The number of likely N-dealkylation sites (N-methyl/N-ethyl adjacent to an activating group) is 1. The highest BCUT2D eigenvalue weighted by atomic mass is 19.1. The molecule has 0 atom stereocenters. The number of anilines is 1. The number of benzene rings is 2. The van der Waals surface area contributed by atoms with Crippen LogP contribution in [-0.4, -0.2) is 24.4 Å². The van der Waals surface area contributed by atoms with Crippen LogP contribution in [0.25, 0.3) is 10.9 Å². The van der Waals surface area contributed by atoms with E-state index >= 15 is 0 Å². The molecule has 0 saturated carbocycles. The van der Waals surface area contributed by atoms with Crippen molar-refractivity contribution >= 4 is 22.4 Å². The zero-order chi connectivity index (χ0) is 14.8. The van der Waals surface area contributed by atoms with E-state index in [9.17, 15) is 9.18 Å². The normalized spacial score (nSPS) is 10.8. The van der Waals surface area contributed by atoms with Crippen LogP contribution in [0, 0.1) is 5.82 Å². The summed E-state index contributed by atoms with van der Waals surface area (Å²) < 4.78 is 12.9. The predicted octanol–water partition coefficient (Wildman–Crippen LogP) is 3.63. The number of ketones is 1. The fourth-order valence-electron chi connectivity index (χ4n) is 2.39. The topological polar surface area (TPSA) is 36.1 Å². The Labute approximate surface area is 122 Å². The molecule has 0 bridgehead atoms. The Kier molecular flexibility index (Phi) is 3.44. The molecule has 4 heteroatoms. The Morgan fingerprint density at radius 1 is 1.14 bits per heavy atom. The number of carbonyl (C=O) groups is 1. The van der Waals surface area contributed by atoms with Crippen molar-refractivity contribution in [2.24, 2.45) is 0 Å². The molecule has 106 valence electrons. The number of Topliss-reactive ketones (excluding diaryl/α,β-unsaturated/α-hetero) is 1. The first kappa shape index (κ1) is 13.4. The molecule has 3 aromatic rings. The van der Waals surface area contributed by atoms with E-state index in [-0.39, 0.29) is 18.1 Å². The first-order valence-corrected chi connectivity index (χ1v) is 6.71. The number of rotatable bonds is 4. The standard InChI is InChI=1S/C17H15FN2O/c1-20(13-8-6-12(18)7-9-13)11-17(21)15-10-19-16-5-3-2-4-14(15)16/h2-10,19H,11H2,1H3. The van der Waals surface area contributed by atoms with Gasteiger partial charge < -0.3 is 9.88 Å². The first-order valence-electron chi connectivity index (χ1n) is 6.71. The number of hydrogen-bond acceptors (Lipinski definition) is 2. The number of nitrogens with one attached hydrogen (secondary N) is 1. The lowest BCUT2D eigenvalue weighted by Crippen LogP contribution is -2.25. The SMILES string of the molecule is CN(CC(=O)c1c[nH]c2ccccc12)c1ccc(F)cc1. The molecule has 0 unspecified atom stereocenters. The van der Waals surface area contributed by atoms with Crippen molar-refractivity contribution in [2.45, 2.75) is 0 Å². The number of halogens is 1. The second-order valence-corrected chi connectivity index (χ2v) is 5.00. The molecular formula is C17H15FN2O. The molecule has 0 aliphatic heterocycles. The van der Waals surface area contributed by atoms with Gasteiger partial charge in [-0.15, -0.1) is 0 Å². The highest BCUT2D eigenvalue weighted by Crippen LogP contribution is 2.19. The van der Waals surface area contributed by atoms with Gasteiger partial charge in [-0.3, -0.25) is 4.79 Å². The van der Waals surface area contributed by atoms with Gasteiger partial charge in [0.25, 0.3) is 0 Å². The van der Waals surface area contributed by atoms with E-state index in [0.29, 0.717) is 5.56 Å². The highest BCUT2D eigenvalue weighted by molar-refractivity contribution is 6.09. The molecule has 0 aliphatic rings. The number of hydrogen-bond donors (Lipinski definition) is 1. The van der Waals surface area contributed by atoms with Crippen LogP contribution in [0.4, 0.5) is 10.1 Å². The van der Waals surface area contributed by atoms with E-state index in [1.165, 1.54) is 12.1 Å². The van der Waals surface area contributed by atoms with Gasteiger partial charge in [-0.25, -0.2) is 4.39 Å². The molecule has 21 heavy (non-hydrogen) atoms. The summed E-state index contributed by atoms with van der Waals surface area (Å²) in [6.45, 7) is 0.244. The van der Waals surface area contributed by atoms with Crippen molar-refractivity contribution < 1.29 is 9.18 Å². The summed E-state index contributed by atoms with van der Waals surface area (Å²) in [7, 11) is 1.82. The number of aromatic nitrogens is 1. The summed E-state index contributed by atoms with van der Waals surface area (Å²) in [6.07, 6.45) is 1.74. The third-order valence-electron chi connectivity index (χ3n) is 3.54. The number of fused-ring (bicyclic) bond motifs is 1. The van der Waals surface area contributed by atoms with Crippen LogP contribution in [0.3, 0.4) is 0 Å². The molecule has 3 rings (SSSR count). The third kappa shape index (κ3) is 2.65. The summed E-state index contributed by atoms with van der Waals surface area (Å²) in [6, 6.07) is 13.8. The molecule has 0 aliphatic carbocycles. The fourth-order valence-corrected chi connectivity index (χ4v) is 2.39. The van der Waals surface area contributed by atoms with Gasteiger partial charge in [-0.05, 0) is 30.3 Å². The fraction of sp³-hybridized carbons (Fsp3) is 0.118. The Hall–Kier alpha value is -2.62. The molecule has 0 fully saturated rings. The molecule has 2 aromatic carbocycles. The predicted molar refractivity (Wildman–Crippen MR) is 82.3 cm³/mol. The maximum absolute atomic E-state index is 12.9. The van der Waals surface area contributed by atoms with E-state index < -0.39 is 0 Å². The van der Waals surface area contributed by atoms with Gasteiger partial charge in [-0.2, -0.15) is 0 Å². The molecule has 1 heterocycles. The Morgan fingerprint density at radius 2 is 1.86 bits per heavy atom. The highest BCUT2D eigenvalue weighted by Gasteiger charge is 2.14. The number of para-hydroxylation sites is 1. The van der Waals surface area contributed by atoms with Crippen LogP contribution in [-0.2, 0) is 0 Å². The lowest BCUT2D eigenvalue weighted by atomic mass is 10.1. The lowest BCUT2D eigenvalue weighted by Gasteiger charge is -2.18. The molecule has 0 saturated heterocycles. The van der Waals surface area contributed by atoms with Crippen molar-refractivity contribution in [3.63, 3.8) is 0 Å². The second kappa shape index (κ2) is 5.40. The summed E-state index contributed by atoms with van der Waals surface area (Å²) in [5.74, 6) is -0.255. The van der Waals surface area contributed by atoms with Crippen LogP contribution < -0.4 is 4.90 Å². The summed E-state index contributed by atoms with van der Waals surface area (Å²) in [4.78, 5) is 17.3. The zero-order valence-corrected chi connectivity index (χ0v) is 11.6. The van der Waals surface area contributed by atoms with Gasteiger partial charge in [0.2, 0.25) is 0 Å². The summed E-state index contributed by atoms with van der Waals surface area (Å²) in [5, 5.41) is 0.926. The van der Waals surface area contributed by atoms with Crippen molar-refractivity contribution in [2.75, 3.05) is 18.5 Å². The maximum atomic E-state index is 12.9. The molecule has 1 aromatic heterocycles. The summed E-state index contributed by atoms with van der Waals surface area (Å²) in [5.41, 5.74) is 2.44. The first-order chi connectivity index (χ1) is 10.1. The van der Waals surface area contributed by atoms with Gasteiger partial charge >= 0.3 is 0 Å². The lowest BCUT2D eigenvalue weighted by molar-refractivity contribution is 0.100. The number of aromatic amines is 1. The minimum atomic E-state index is -0.282. The maximum Gasteiger partial charge on any atom is 0.184 e. The van der Waals surface area contributed by atoms with E-state index in [2.05, 4.69) is 4.98 Å². The number of carbonyl (C=O) groups excluding carboxylic acids is 1. The van der Waals surface area contributed by atoms with Crippen molar-refractivity contribution in [3.05, 3.63) is 66.1 Å². The average Bonchev–Trinajstić information content (AvgIpc) is 2.92. The molecule has 1 N–H and O–H groups in total. The van der Waals surface area contributed by atoms with Crippen LogP contribution in [0.5, 0.6) is 0 Å². The van der Waals surface area contributed by atoms with Gasteiger partial charge in [0, 0.05) is 35.4 Å². The smallest absolute Gasteiger partial charge is 0.184 e. The van der Waals surface area contributed by atoms with E-state index in [1.807, 2.05) is 36.2 Å². The Morgan fingerprint density at radius 3 is 2.62 bits per heavy atom. The van der Waals surface area contributed by atoms with Crippen LogP contribution in [0.1, 0.15) is 10.4 Å². The van der Waals surface area contributed by atoms with Gasteiger partial charge in [0.1, 0.15) is 5.82 Å². The minimum Gasteiger partial charge on any atom is -0.367 e. The van der Waals surface area contributed by atoms with Gasteiger partial charge in [-0.1, -0.05) is 18.2 Å². The summed E-state index contributed by atoms with van der Waals surface area (Å²) >= 11 is 0. The van der Waals surface area contributed by atoms with Crippen molar-refractivity contribution in [3.8, 4) is 0 Å². The van der Waals surface area contributed by atoms with Gasteiger partial charge in [0.15, 0.2) is 5.78 Å². The molecule has 0 amide bonds. The third-order valence-corrected chi connectivity index (χ3v) is 3.54. The molecule has 3 nitrogen and oxygen atoms in total. The largest absolute Gasteiger partial charge is 0.367 e. The van der Waals surface area contributed by atoms with Crippen LogP contribution in [0.2, 0.25) is 0 Å².